The number of hydrogen-bond acceptors (Lipinski definition) is 5. The lowest BCUT2D eigenvalue weighted by Crippen LogP contribution is -2.30. The maximum Gasteiger partial charge on any atom is 0.277 e. The largest absolute Gasteiger partial charge is 0.378 e. The van der Waals surface area contributed by atoms with E-state index in [1.807, 2.05) is 0 Å². The molecule has 82 valence electrons. The number of amides is 1. The minimum atomic E-state index is -0.286. The summed E-state index contributed by atoms with van der Waals surface area (Å²) in [5.74, 6) is 5.37. The van der Waals surface area contributed by atoms with E-state index in [4.69, 9.17) is 10.6 Å². The number of hydrazine groups is 1. The van der Waals surface area contributed by atoms with Crippen molar-refractivity contribution in [3.8, 4) is 0 Å². The highest BCUT2D eigenvalue weighted by molar-refractivity contribution is 7.13. The molecule has 15 heavy (non-hydrogen) atoms. The average molecular weight is 227 g/mol. The van der Waals surface area contributed by atoms with Crippen LogP contribution in [-0.2, 0) is 11.3 Å². The molecule has 1 aromatic rings. The summed E-state index contributed by atoms with van der Waals surface area (Å²) in [6.45, 7) is 0.353. The number of aromatic nitrogens is 1. The Kier molecular flexibility index (Phi) is 2.99. The Balaban J connectivity index is 2.27. The summed E-state index contributed by atoms with van der Waals surface area (Å²) in [7, 11) is 1.58. The number of rotatable bonds is 4. The van der Waals surface area contributed by atoms with Crippen molar-refractivity contribution in [1.82, 2.24) is 10.4 Å². The van der Waals surface area contributed by atoms with Crippen LogP contribution in [0.3, 0.4) is 0 Å². The molecule has 0 atom stereocenters. The van der Waals surface area contributed by atoms with E-state index in [2.05, 4.69) is 10.4 Å². The molecule has 1 aromatic heterocycles. The molecule has 0 aliphatic heterocycles. The van der Waals surface area contributed by atoms with Crippen LogP contribution in [0.4, 0.5) is 0 Å². The molecule has 5 nitrogen and oxygen atoms in total. The first-order valence-electron chi connectivity index (χ1n) is 4.75. The number of methoxy groups -OCH3 is 1. The van der Waals surface area contributed by atoms with Gasteiger partial charge in [-0.15, -0.1) is 11.3 Å². The van der Waals surface area contributed by atoms with Crippen molar-refractivity contribution in [3.63, 3.8) is 0 Å². The summed E-state index contributed by atoms with van der Waals surface area (Å²) < 4.78 is 5.00. The second-order valence-electron chi connectivity index (χ2n) is 3.51. The smallest absolute Gasteiger partial charge is 0.277 e. The molecule has 1 fully saturated rings. The first-order chi connectivity index (χ1) is 7.26. The van der Waals surface area contributed by atoms with Crippen LogP contribution < -0.4 is 11.3 Å². The summed E-state index contributed by atoms with van der Waals surface area (Å²) in [5, 5.41) is 1.03. The molecule has 0 unspecified atom stereocenters. The van der Waals surface area contributed by atoms with Gasteiger partial charge in [0.15, 0.2) is 0 Å². The Hall–Kier alpha value is -0.980. The molecule has 6 heteroatoms. The van der Waals surface area contributed by atoms with Gasteiger partial charge in [-0.2, -0.15) is 0 Å². The fourth-order valence-corrected chi connectivity index (χ4v) is 2.49. The van der Waals surface area contributed by atoms with Crippen molar-refractivity contribution in [2.24, 2.45) is 5.84 Å². The van der Waals surface area contributed by atoms with E-state index in [1.165, 1.54) is 24.2 Å². The molecule has 0 aromatic carbocycles. The fraction of sp³-hybridized carbons (Fsp3) is 0.556. The predicted octanol–water partition coefficient (Wildman–Crippen LogP) is 0.770. The molecule has 0 radical (unpaired) electrons. The van der Waals surface area contributed by atoms with Crippen molar-refractivity contribution < 1.29 is 9.53 Å². The van der Waals surface area contributed by atoms with Crippen molar-refractivity contribution in [2.75, 3.05) is 7.11 Å². The summed E-state index contributed by atoms with van der Waals surface area (Å²) in [4.78, 5) is 16.4. The van der Waals surface area contributed by atoms with E-state index >= 15 is 0 Å². The van der Waals surface area contributed by atoms with Crippen molar-refractivity contribution >= 4 is 17.2 Å². The molecule has 0 bridgehead atoms. The first-order valence-corrected chi connectivity index (χ1v) is 5.57. The molecule has 0 saturated heterocycles. The minimum absolute atomic E-state index is 0.286. The van der Waals surface area contributed by atoms with Gasteiger partial charge in [0.2, 0.25) is 0 Å². The highest BCUT2D eigenvalue weighted by Gasteiger charge is 2.29. The monoisotopic (exact) mass is 227 g/mol. The molecule has 1 saturated carbocycles. The molecule has 1 aliphatic carbocycles. The van der Waals surface area contributed by atoms with Gasteiger partial charge in [-0.25, -0.2) is 10.8 Å². The normalized spacial score (nSPS) is 15.3. The SMILES string of the molecule is COCc1nc(C2CC2)sc1C(=O)NN. The highest BCUT2D eigenvalue weighted by Crippen LogP contribution is 2.42. The third kappa shape index (κ3) is 2.17. The van der Waals surface area contributed by atoms with E-state index < -0.39 is 0 Å². The third-order valence-electron chi connectivity index (χ3n) is 2.26. The summed E-state index contributed by atoms with van der Waals surface area (Å²) >= 11 is 1.42. The maximum atomic E-state index is 11.4. The van der Waals surface area contributed by atoms with Gasteiger partial charge in [-0.05, 0) is 12.8 Å². The Labute approximate surface area is 91.6 Å². The molecular weight excluding hydrogens is 214 g/mol. The predicted molar refractivity (Wildman–Crippen MR) is 56.5 cm³/mol. The number of thiazole rings is 1. The zero-order valence-electron chi connectivity index (χ0n) is 8.45. The summed E-state index contributed by atoms with van der Waals surface area (Å²) in [5.41, 5.74) is 2.82. The quantitative estimate of drug-likeness (QED) is 0.452. The van der Waals surface area contributed by atoms with Gasteiger partial charge < -0.3 is 4.74 Å². The van der Waals surface area contributed by atoms with E-state index in [0.29, 0.717) is 23.1 Å². The summed E-state index contributed by atoms with van der Waals surface area (Å²) in [6.07, 6.45) is 2.34. The zero-order valence-corrected chi connectivity index (χ0v) is 9.26. The molecular formula is C9H13N3O2S. The number of carbonyl (C=O) groups excluding carboxylic acids is 1. The number of ether oxygens (including phenoxy) is 1. The lowest BCUT2D eigenvalue weighted by molar-refractivity contribution is 0.0952. The van der Waals surface area contributed by atoms with Crippen LogP contribution in [0.25, 0.3) is 0 Å². The van der Waals surface area contributed by atoms with Crippen LogP contribution >= 0.6 is 11.3 Å². The van der Waals surface area contributed by atoms with Gasteiger partial charge in [0, 0.05) is 13.0 Å². The first kappa shape index (κ1) is 10.5. The molecule has 1 amide bonds. The van der Waals surface area contributed by atoms with E-state index in [1.54, 1.807) is 7.11 Å². The molecule has 2 rings (SSSR count). The van der Waals surface area contributed by atoms with Gasteiger partial charge in [0.1, 0.15) is 4.88 Å². The van der Waals surface area contributed by atoms with Crippen molar-refractivity contribution in [2.45, 2.75) is 25.4 Å². The van der Waals surface area contributed by atoms with E-state index in [9.17, 15) is 4.79 Å². The topological polar surface area (TPSA) is 77.2 Å². The van der Waals surface area contributed by atoms with Gasteiger partial charge in [0.05, 0.1) is 17.3 Å². The summed E-state index contributed by atoms with van der Waals surface area (Å²) in [6, 6.07) is 0. The van der Waals surface area contributed by atoms with Gasteiger partial charge in [0.25, 0.3) is 5.91 Å². The second-order valence-corrected chi connectivity index (χ2v) is 4.54. The van der Waals surface area contributed by atoms with Crippen LogP contribution in [0.15, 0.2) is 0 Å². The van der Waals surface area contributed by atoms with Crippen LogP contribution in [0.2, 0.25) is 0 Å². The zero-order chi connectivity index (χ0) is 10.8. The lowest BCUT2D eigenvalue weighted by atomic mass is 10.3. The Morgan fingerprint density at radius 1 is 1.73 bits per heavy atom. The van der Waals surface area contributed by atoms with Gasteiger partial charge in [-0.1, -0.05) is 0 Å². The van der Waals surface area contributed by atoms with Crippen LogP contribution in [0.1, 0.15) is 39.1 Å². The number of nitrogens with zero attached hydrogens (tertiary/aromatic N) is 1. The van der Waals surface area contributed by atoms with Crippen LogP contribution in [0, 0.1) is 0 Å². The van der Waals surface area contributed by atoms with Crippen LogP contribution in [0.5, 0.6) is 0 Å². The maximum absolute atomic E-state index is 11.4. The number of carbonyl (C=O) groups is 1. The number of nitrogen functional groups attached to an aromatic ring is 1. The molecule has 1 aliphatic rings. The fourth-order valence-electron chi connectivity index (χ4n) is 1.35. The van der Waals surface area contributed by atoms with Gasteiger partial charge in [-0.3, -0.25) is 10.2 Å². The van der Waals surface area contributed by atoms with E-state index in [0.717, 1.165) is 5.01 Å². The number of nitrogens with one attached hydrogen (secondary N) is 1. The standard InChI is InChI=1S/C9H13N3O2S/c1-14-4-6-7(8(13)12-10)15-9(11-6)5-2-3-5/h5H,2-4,10H2,1H3,(H,12,13). The van der Waals surface area contributed by atoms with Gasteiger partial charge >= 0.3 is 0 Å². The second kappa shape index (κ2) is 4.26. The highest BCUT2D eigenvalue weighted by atomic mass is 32.1. The number of hydrogen-bond donors (Lipinski definition) is 2. The molecule has 0 spiro atoms. The van der Waals surface area contributed by atoms with E-state index in [-0.39, 0.29) is 5.91 Å². The van der Waals surface area contributed by atoms with Crippen molar-refractivity contribution in [3.05, 3.63) is 15.6 Å². The Morgan fingerprint density at radius 3 is 3.00 bits per heavy atom. The average Bonchev–Trinajstić information content (AvgIpc) is 3.00. The van der Waals surface area contributed by atoms with Crippen molar-refractivity contribution in [1.29, 1.82) is 0 Å². The molecule has 1 heterocycles. The third-order valence-corrected chi connectivity index (χ3v) is 3.52. The van der Waals surface area contributed by atoms with Crippen LogP contribution in [-0.4, -0.2) is 18.0 Å². The Morgan fingerprint density at radius 2 is 2.47 bits per heavy atom. The number of nitrogens with two attached hydrogens (primary N) is 1. The lowest BCUT2D eigenvalue weighted by Gasteiger charge is -1.98. The Bertz CT molecular complexity index is 373. The molecule has 3 N–H and O–H groups in total. The minimum Gasteiger partial charge on any atom is -0.378 e.